The summed E-state index contributed by atoms with van der Waals surface area (Å²) in [6.45, 7) is 0.199. The number of hydrogen-bond donors (Lipinski definition) is 1. The largest absolute Gasteiger partial charge is 0.504 e. The summed E-state index contributed by atoms with van der Waals surface area (Å²) in [5.41, 5.74) is 0.702. The molecule has 4 heteroatoms. The number of rotatable bonds is 3. The zero-order valence-electron chi connectivity index (χ0n) is 11.0. The third-order valence-corrected chi connectivity index (χ3v) is 3.97. The van der Waals surface area contributed by atoms with Crippen LogP contribution in [0.5, 0.6) is 11.5 Å². The van der Waals surface area contributed by atoms with Gasteiger partial charge in [0.2, 0.25) is 0 Å². The number of phenolic OH excluding ortho intramolecular Hbond substituents is 1. The first-order valence-corrected chi connectivity index (χ1v) is 7.18. The highest BCUT2D eigenvalue weighted by atomic mass is 35.5. The summed E-state index contributed by atoms with van der Waals surface area (Å²) in [7, 11) is 0. The van der Waals surface area contributed by atoms with Gasteiger partial charge in [-0.2, -0.15) is 0 Å². The Morgan fingerprint density at radius 3 is 2.14 bits per heavy atom. The highest BCUT2D eigenvalue weighted by Gasteiger charge is 2.09. The molecule has 3 aromatic carbocycles. The lowest BCUT2D eigenvalue weighted by molar-refractivity contribution is 0.290. The molecule has 1 N–H and O–H groups in total. The molecule has 0 atom stereocenters. The molecular weight excluding hydrogens is 307 g/mol. The molecule has 106 valence electrons. The number of phenols is 1. The first-order chi connectivity index (χ1) is 10.1. The minimum Gasteiger partial charge on any atom is -0.504 e. The molecule has 0 amide bonds. The van der Waals surface area contributed by atoms with Crippen LogP contribution in [0.3, 0.4) is 0 Å². The maximum Gasteiger partial charge on any atom is 0.162 e. The van der Waals surface area contributed by atoms with Crippen molar-refractivity contribution >= 4 is 34.0 Å². The predicted octanol–water partition coefficient (Wildman–Crippen LogP) is 5.43. The molecule has 0 saturated carbocycles. The van der Waals surface area contributed by atoms with Crippen molar-refractivity contribution in [2.24, 2.45) is 0 Å². The third kappa shape index (κ3) is 2.92. The Kier molecular flexibility index (Phi) is 3.91. The molecule has 0 radical (unpaired) electrons. The van der Waals surface area contributed by atoms with Gasteiger partial charge in [0.1, 0.15) is 6.61 Å². The molecule has 3 rings (SSSR count). The van der Waals surface area contributed by atoms with Crippen molar-refractivity contribution in [2.75, 3.05) is 0 Å². The van der Waals surface area contributed by atoms with E-state index < -0.39 is 0 Å². The van der Waals surface area contributed by atoms with Crippen LogP contribution in [0, 0.1) is 0 Å². The summed E-state index contributed by atoms with van der Waals surface area (Å²) in [5.74, 6) is 0.501. The number of hydrogen-bond acceptors (Lipinski definition) is 2. The minimum absolute atomic E-state index is 0.0943. The summed E-state index contributed by atoms with van der Waals surface area (Å²) in [5, 5.41) is 13.1. The highest BCUT2D eigenvalue weighted by Crippen LogP contribution is 2.33. The van der Waals surface area contributed by atoms with Crippen LogP contribution < -0.4 is 4.74 Å². The first-order valence-electron chi connectivity index (χ1n) is 6.42. The van der Waals surface area contributed by atoms with Gasteiger partial charge in [-0.15, -0.1) is 0 Å². The van der Waals surface area contributed by atoms with Crippen molar-refractivity contribution in [1.29, 1.82) is 0 Å². The lowest BCUT2D eigenvalue weighted by Crippen LogP contribution is -1.97. The monoisotopic (exact) mass is 318 g/mol. The fraction of sp³-hybridized carbons (Fsp3) is 0.0588. The van der Waals surface area contributed by atoms with Gasteiger partial charge >= 0.3 is 0 Å². The number of benzene rings is 3. The summed E-state index contributed by atoms with van der Waals surface area (Å²) in [6.07, 6.45) is 0. The quantitative estimate of drug-likeness (QED) is 0.697. The van der Waals surface area contributed by atoms with E-state index in [-0.39, 0.29) is 12.4 Å². The zero-order chi connectivity index (χ0) is 14.8. The SMILES string of the molecule is Oc1cc2ccccc2cc1OCc1c(Cl)cccc1Cl. The van der Waals surface area contributed by atoms with Gasteiger partial charge < -0.3 is 9.84 Å². The molecule has 0 aliphatic carbocycles. The molecule has 0 aliphatic heterocycles. The standard InChI is InChI=1S/C17H12Cl2O2/c18-14-6-3-7-15(19)13(14)10-21-17-9-12-5-2-1-4-11(12)8-16(17)20/h1-9,20H,10H2. The van der Waals surface area contributed by atoms with Gasteiger partial charge in [0.05, 0.1) is 0 Å². The maximum absolute atomic E-state index is 10.0. The van der Waals surface area contributed by atoms with Crippen LogP contribution in [0.15, 0.2) is 54.6 Å². The van der Waals surface area contributed by atoms with Crippen molar-refractivity contribution in [3.05, 3.63) is 70.2 Å². The molecular formula is C17H12Cl2O2. The van der Waals surface area contributed by atoms with Crippen molar-refractivity contribution in [3.8, 4) is 11.5 Å². The van der Waals surface area contributed by atoms with Crippen LogP contribution >= 0.6 is 23.2 Å². The van der Waals surface area contributed by atoms with Crippen molar-refractivity contribution < 1.29 is 9.84 Å². The van der Waals surface area contributed by atoms with Crippen molar-refractivity contribution in [1.82, 2.24) is 0 Å². The summed E-state index contributed by atoms with van der Waals surface area (Å²) in [4.78, 5) is 0. The lowest BCUT2D eigenvalue weighted by atomic mass is 10.1. The molecule has 0 aliphatic rings. The summed E-state index contributed by atoms with van der Waals surface area (Å²) < 4.78 is 5.67. The molecule has 0 fully saturated rings. The second-order valence-corrected chi connectivity index (χ2v) is 5.47. The van der Waals surface area contributed by atoms with Crippen LogP contribution in [0.1, 0.15) is 5.56 Å². The van der Waals surface area contributed by atoms with Gasteiger partial charge in [-0.1, -0.05) is 53.5 Å². The second-order valence-electron chi connectivity index (χ2n) is 4.66. The number of ether oxygens (including phenoxy) is 1. The molecule has 0 saturated heterocycles. The van der Waals surface area contributed by atoms with E-state index in [1.54, 1.807) is 30.3 Å². The minimum atomic E-state index is 0.0943. The lowest BCUT2D eigenvalue weighted by Gasteiger charge is -2.11. The smallest absolute Gasteiger partial charge is 0.162 e. The van der Waals surface area contributed by atoms with Gasteiger partial charge in [-0.25, -0.2) is 0 Å². The molecule has 0 unspecified atom stereocenters. The maximum atomic E-state index is 10.0. The summed E-state index contributed by atoms with van der Waals surface area (Å²) >= 11 is 12.2. The van der Waals surface area contributed by atoms with Gasteiger partial charge in [0.25, 0.3) is 0 Å². The van der Waals surface area contributed by atoms with Gasteiger partial charge in [-0.05, 0) is 35.0 Å². The van der Waals surface area contributed by atoms with Gasteiger partial charge in [0.15, 0.2) is 11.5 Å². The fourth-order valence-electron chi connectivity index (χ4n) is 2.14. The van der Waals surface area contributed by atoms with Crippen molar-refractivity contribution in [3.63, 3.8) is 0 Å². The van der Waals surface area contributed by atoms with E-state index in [4.69, 9.17) is 27.9 Å². The van der Waals surface area contributed by atoms with E-state index in [1.807, 2.05) is 24.3 Å². The van der Waals surface area contributed by atoms with Crippen LogP contribution in [-0.2, 0) is 6.61 Å². The average molecular weight is 319 g/mol. The number of halogens is 2. The van der Waals surface area contributed by atoms with Gasteiger partial charge in [0, 0.05) is 15.6 Å². The van der Waals surface area contributed by atoms with Gasteiger partial charge in [-0.3, -0.25) is 0 Å². The van der Waals surface area contributed by atoms with Crippen LogP contribution in [0.2, 0.25) is 10.0 Å². The van der Waals surface area contributed by atoms with E-state index in [9.17, 15) is 5.11 Å². The van der Waals surface area contributed by atoms with E-state index in [0.717, 1.165) is 10.8 Å². The van der Waals surface area contributed by atoms with E-state index in [2.05, 4.69) is 0 Å². The molecule has 2 nitrogen and oxygen atoms in total. The van der Waals surface area contributed by atoms with Crippen molar-refractivity contribution in [2.45, 2.75) is 6.61 Å². The number of fused-ring (bicyclic) bond motifs is 1. The first kappa shape index (κ1) is 14.1. The third-order valence-electron chi connectivity index (χ3n) is 3.26. The van der Waals surface area contributed by atoms with Crippen LogP contribution in [0.4, 0.5) is 0 Å². The molecule has 0 spiro atoms. The average Bonchev–Trinajstić information content (AvgIpc) is 2.47. The Bertz CT molecular complexity index is 780. The Hall–Kier alpha value is -1.90. The van der Waals surface area contributed by atoms with E-state index in [1.165, 1.54) is 0 Å². The Balaban J connectivity index is 1.90. The molecule has 0 aromatic heterocycles. The highest BCUT2D eigenvalue weighted by molar-refractivity contribution is 6.35. The van der Waals surface area contributed by atoms with Crippen LogP contribution in [0.25, 0.3) is 10.8 Å². The molecule has 0 bridgehead atoms. The Labute approximate surface area is 132 Å². The Morgan fingerprint density at radius 2 is 1.48 bits per heavy atom. The normalized spacial score (nSPS) is 10.8. The molecule has 0 heterocycles. The summed E-state index contributed by atoms with van der Waals surface area (Å²) in [6, 6.07) is 16.5. The molecule has 3 aromatic rings. The second kappa shape index (κ2) is 5.84. The van der Waals surface area contributed by atoms with Crippen LogP contribution in [-0.4, -0.2) is 5.11 Å². The topological polar surface area (TPSA) is 29.5 Å². The number of aromatic hydroxyl groups is 1. The van der Waals surface area contributed by atoms with E-state index >= 15 is 0 Å². The predicted molar refractivity (Wildman–Crippen MR) is 86.4 cm³/mol. The fourth-order valence-corrected chi connectivity index (χ4v) is 2.65. The molecule has 21 heavy (non-hydrogen) atoms. The zero-order valence-corrected chi connectivity index (χ0v) is 12.5. The Morgan fingerprint density at radius 1 is 0.857 bits per heavy atom. The van der Waals surface area contributed by atoms with E-state index in [0.29, 0.717) is 21.4 Å².